The molecule has 1 heterocycles. The first-order valence-corrected chi connectivity index (χ1v) is 11.3. The number of hydrogen-bond acceptors (Lipinski definition) is 6. The zero-order chi connectivity index (χ0) is 24.4. The molecule has 2 aromatic rings. The summed E-state index contributed by atoms with van der Waals surface area (Å²) in [5.41, 5.74) is 3.92. The quantitative estimate of drug-likeness (QED) is 0.510. The zero-order valence-corrected chi connectivity index (χ0v) is 20.6. The molecule has 0 aliphatic rings. The summed E-state index contributed by atoms with van der Waals surface area (Å²) >= 11 is 0. The van der Waals surface area contributed by atoms with Crippen LogP contribution < -0.4 is 10.6 Å². The summed E-state index contributed by atoms with van der Waals surface area (Å²) in [7, 11) is 5.50. The van der Waals surface area contributed by atoms with Crippen LogP contribution in [0.15, 0.2) is 42.6 Å². The SMILES string of the molecule is CCc1ncc(Nc2cccc(CCNC(=O)[C@H](C)N(C)C(=O)/C=C/CN(C)C)c2)nc1C. The molecule has 0 aliphatic carbocycles. The molecule has 8 heteroatoms. The average Bonchev–Trinajstić information content (AvgIpc) is 2.78. The molecule has 2 N–H and O–H groups in total. The zero-order valence-electron chi connectivity index (χ0n) is 20.6. The van der Waals surface area contributed by atoms with E-state index in [1.165, 1.54) is 11.0 Å². The number of aromatic nitrogens is 2. The van der Waals surface area contributed by atoms with Crippen LogP contribution >= 0.6 is 0 Å². The van der Waals surface area contributed by atoms with Gasteiger partial charge < -0.3 is 20.4 Å². The Morgan fingerprint density at radius 3 is 2.64 bits per heavy atom. The molecule has 0 saturated heterocycles. The highest BCUT2D eigenvalue weighted by atomic mass is 16.2. The Bertz CT molecular complexity index is 973. The van der Waals surface area contributed by atoms with E-state index in [2.05, 4.69) is 27.5 Å². The molecule has 0 unspecified atom stereocenters. The van der Waals surface area contributed by atoms with Crippen molar-refractivity contribution in [3.8, 4) is 0 Å². The van der Waals surface area contributed by atoms with E-state index in [4.69, 9.17) is 0 Å². The maximum absolute atomic E-state index is 12.5. The summed E-state index contributed by atoms with van der Waals surface area (Å²) in [5, 5.41) is 6.21. The Kier molecular flexibility index (Phi) is 10.00. The van der Waals surface area contributed by atoms with Gasteiger partial charge in [-0.2, -0.15) is 0 Å². The first kappa shape index (κ1) is 26.0. The van der Waals surface area contributed by atoms with E-state index < -0.39 is 6.04 Å². The summed E-state index contributed by atoms with van der Waals surface area (Å²) in [4.78, 5) is 37.1. The van der Waals surface area contributed by atoms with Crippen LogP contribution in [0.25, 0.3) is 0 Å². The van der Waals surface area contributed by atoms with Crippen molar-refractivity contribution >= 4 is 23.3 Å². The lowest BCUT2D eigenvalue weighted by molar-refractivity contribution is -0.135. The van der Waals surface area contributed by atoms with Gasteiger partial charge in [-0.3, -0.25) is 14.6 Å². The van der Waals surface area contributed by atoms with Gasteiger partial charge in [-0.25, -0.2) is 4.98 Å². The highest BCUT2D eigenvalue weighted by Gasteiger charge is 2.20. The van der Waals surface area contributed by atoms with Crippen LogP contribution in [0.2, 0.25) is 0 Å². The maximum atomic E-state index is 12.5. The summed E-state index contributed by atoms with van der Waals surface area (Å²) in [6.45, 7) is 6.90. The number of likely N-dealkylation sites (N-methyl/N-ethyl adjacent to an activating group) is 2. The monoisotopic (exact) mass is 452 g/mol. The molecule has 178 valence electrons. The molecular formula is C25H36N6O2. The third kappa shape index (κ3) is 8.31. The molecule has 0 fully saturated rings. The molecule has 0 bridgehead atoms. The van der Waals surface area contributed by atoms with Gasteiger partial charge in [0.25, 0.3) is 0 Å². The van der Waals surface area contributed by atoms with Gasteiger partial charge in [-0.1, -0.05) is 25.1 Å². The predicted octanol–water partition coefficient (Wildman–Crippen LogP) is 2.71. The molecule has 0 aliphatic heterocycles. The first-order chi connectivity index (χ1) is 15.7. The number of carbonyl (C=O) groups excluding carboxylic acids is 2. The fourth-order valence-corrected chi connectivity index (χ4v) is 3.19. The molecular weight excluding hydrogens is 416 g/mol. The predicted molar refractivity (Wildman–Crippen MR) is 133 cm³/mol. The van der Waals surface area contributed by atoms with Gasteiger partial charge in [0.05, 0.1) is 17.6 Å². The molecule has 1 atom stereocenters. The summed E-state index contributed by atoms with van der Waals surface area (Å²) in [5.74, 6) is 0.336. The van der Waals surface area contributed by atoms with Crippen LogP contribution in [0, 0.1) is 6.92 Å². The van der Waals surface area contributed by atoms with Crippen molar-refractivity contribution in [2.75, 3.05) is 39.5 Å². The van der Waals surface area contributed by atoms with Crippen LogP contribution in [0.3, 0.4) is 0 Å². The summed E-state index contributed by atoms with van der Waals surface area (Å²) < 4.78 is 0. The Morgan fingerprint density at radius 2 is 1.97 bits per heavy atom. The van der Waals surface area contributed by atoms with Crippen molar-refractivity contribution in [2.24, 2.45) is 0 Å². The van der Waals surface area contributed by atoms with E-state index in [9.17, 15) is 9.59 Å². The molecule has 1 aromatic carbocycles. The Morgan fingerprint density at radius 1 is 1.21 bits per heavy atom. The van der Waals surface area contributed by atoms with Gasteiger partial charge >= 0.3 is 0 Å². The highest BCUT2D eigenvalue weighted by molar-refractivity contribution is 5.92. The van der Waals surface area contributed by atoms with E-state index in [0.29, 0.717) is 25.3 Å². The van der Waals surface area contributed by atoms with E-state index in [-0.39, 0.29) is 11.8 Å². The molecule has 0 spiro atoms. The van der Waals surface area contributed by atoms with E-state index in [0.717, 1.165) is 29.1 Å². The van der Waals surface area contributed by atoms with Crippen LogP contribution in [0.1, 0.15) is 30.8 Å². The maximum Gasteiger partial charge on any atom is 0.246 e. The third-order valence-corrected chi connectivity index (χ3v) is 5.33. The highest BCUT2D eigenvalue weighted by Crippen LogP contribution is 2.17. The largest absolute Gasteiger partial charge is 0.354 e. The lowest BCUT2D eigenvalue weighted by Gasteiger charge is -2.23. The second-order valence-corrected chi connectivity index (χ2v) is 8.30. The standard InChI is InChI=1S/C25H36N6O2/c1-7-22-18(2)28-23(17-27-22)29-21-11-8-10-20(16-21)13-14-26-25(33)19(3)31(6)24(32)12-9-15-30(4)5/h8-12,16-17,19H,7,13-15H2,1-6H3,(H,26,33)(H,28,29)/b12-9+/t19-/m0/s1. The van der Waals surface area contributed by atoms with E-state index in [1.54, 1.807) is 26.2 Å². The van der Waals surface area contributed by atoms with Gasteiger partial charge in [-0.05, 0) is 58.5 Å². The Hall–Kier alpha value is -3.26. The molecule has 8 nitrogen and oxygen atoms in total. The number of carbonyl (C=O) groups is 2. The molecule has 0 saturated carbocycles. The topological polar surface area (TPSA) is 90.5 Å². The average molecular weight is 453 g/mol. The van der Waals surface area contributed by atoms with E-state index >= 15 is 0 Å². The van der Waals surface area contributed by atoms with Crippen LogP contribution in [-0.2, 0) is 22.4 Å². The smallest absolute Gasteiger partial charge is 0.246 e. The summed E-state index contributed by atoms with van der Waals surface area (Å²) in [6.07, 6.45) is 6.57. The van der Waals surface area contributed by atoms with Crippen molar-refractivity contribution in [1.82, 2.24) is 25.1 Å². The number of anilines is 2. The Balaban J connectivity index is 1.86. The molecule has 1 aromatic heterocycles. The normalized spacial score (nSPS) is 12.1. The number of hydrogen-bond donors (Lipinski definition) is 2. The number of nitrogens with one attached hydrogen (secondary N) is 2. The van der Waals surface area contributed by atoms with Crippen molar-refractivity contribution in [1.29, 1.82) is 0 Å². The van der Waals surface area contributed by atoms with E-state index in [1.807, 2.05) is 50.2 Å². The van der Waals surface area contributed by atoms with Crippen molar-refractivity contribution in [3.05, 3.63) is 59.6 Å². The number of benzene rings is 1. The number of aryl methyl sites for hydroxylation is 2. The van der Waals surface area contributed by atoms with Gasteiger partial charge in [0, 0.05) is 31.9 Å². The van der Waals surface area contributed by atoms with Crippen LogP contribution in [0.4, 0.5) is 11.5 Å². The van der Waals surface area contributed by atoms with Crippen molar-refractivity contribution in [2.45, 2.75) is 39.7 Å². The molecule has 2 rings (SSSR count). The number of amides is 2. The third-order valence-electron chi connectivity index (χ3n) is 5.33. The van der Waals surface area contributed by atoms with Gasteiger partial charge in [0.2, 0.25) is 11.8 Å². The van der Waals surface area contributed by atoms with Gasteiger partial charge in [0.15, 0.2) is 0 Å². The minimum absolute atomic E-state index is 0.178. The summed E-state index contributed by atoms with van der Waals surface area (Å²) in [6, 6.07) is 7.44. The van der Waals surface area contributed by atoms with Gasteiger partial charge in [-0.15, -0.1) is 0 Å². The van der Waals surface area contributed by atoms with Crippen LogP contribution in [0.5, 0.6) is 0 Å². The second kappa shape index (κ2) is 12.7. The fourth-order valence-electron chi connectivity index (χ4n) is 3.19. The lowest BCUT2D eigenvalue weighted by Crippen LogP contribution is -2.45. The molecule has 0 radical (unpaired) electrons. The minimum Gasteiger partial charge on any atom is -0.354 e. The van der Waals surface area contributed by atoms with Crippen molar-refractivity contribution < 1.29 is 9.59 Å². The molecule has 2 amide bonds. The Labute approximate surface area is 197 Å². The fraction of sp³-hybridized carbons (Fsp3) is 0.440. The van der Waals surface area contributed by atoms with Crippen LogP contribution in [-0.4, -0.2) is 71.9 Å². The number of nitrogens with zero attached hydrogens (tertiary/aromatic N) is 4. The number of rotatable bonds is 11. The second-order valence-electron chi connectivity index (χ2n) is 8.30. The lowest BCUT2D eigenvalue weighted by atomic mass is 10.1. The van der Waals surface area contributed by atoms with Gasteiger partial charge in [0.1, 0.15) is 11.9 Å². The van der Waals surface area contributed by atoms with Crippen molar-refractivity contribution in [3.63, 3.8) is 0 Å². The first-order valence-electron chi connectivity index (χ1n) is 11.3. The molecule has 33 heavy (non-hydrogen) atoms. The minimum atomic E-state index is -0.553.